The Bertz CT molecular complexity index is 605. The van der Waals surface area contributed by atoms with Crippen molar-refractivity contribution in [3.8, 4) is 0 Å². The van der Waals surface area contributed by atoms with Gasteiger partial charge in [-0.3, -0.25) is 0 Å². The molecule has 0 saturated carbocycles. The van der Waals surface area contributed by atoms with E-state index in [0.29, 0.717) is 5.03 Å². The van der Waals surface area contributed by atoms with Gasteiger partial charge in [0.15, 0.2) is 0 Å². The summed E-state index contributed by atoms with van der Waals surface area (Å²) in [6.07, 6.45) is 1.61. The van der Waals surface area contributed by atoms with Gasteiger partial charge in [0.2, 0.25) is 0 Å². The molecule has 98 valence electrons. The highest BCUT2D eigenvalue weighted by Gasteiger charge is 2.15. The van der Waals surface area contributed by atoms with Gasteiger partial charge in [0.25, 0.3) is 0 Å². The lowest BCUT2D eigenvalue weighted by Gasteiger charge is -2.08. The van der Waals surface area contributed by atoms with Gasteiger partial charge in [-0.1, -0.05) is 17.8 Å². The van der Waals surface area contributed by atoms with Gasteiger partial charge in [0, 0.05) is 11.9 Å². The number of pyridine rings is 1. The lowest BCUT2D eigenvalue weighted by molar-refractivity contribution is 0.0601. The third-order valence-electron chi connectivity index (χ3n) is 2.36. The Morgan fingerprint density at radius 3 is 2.84 bits per heavy atom. The molecule has 2 rings (SSSR count). The zero-order valence-electron chi connectivity index (χ0n) is 10.1. The van der Waals surface area contributed by atoms with Crippen LogP contribution in [0.25, 0.3) is 0 Å². The summed E-state index contributed by atoms with van der Waals surface area (Å²) < 4.78 is 18.4. The average Bonchev–Trinajstić information content (AvgIpc) is 2.42. The highest BCUT2D eigenvalue weighted by molar-refractivity contribution is 7.99. The van der Waals surface area contributed by atoms with Crippen LogP contribution in [0, 0.1) is 5.82 Å². The standard InChI is InChI=1S/C13H11FN2O2S/c1-18-13(17)8-6-11(9(14)7-10(8)15)19-12-4-2-3-5-16-12/h2-7H,15H2,1H3. The second-order valence-corrected chi connectivity index (χ2v) is 4.69. The predicted octanol–water partition coefficient (Wildman–Crippen LogP) is 2.74. The van der Waals surface area contributed by atoms with Gasteiger partial charge in [-0.05, 0) is 24.3 Å². The molecule has 0 spiro atoms. The summed E-state index contributed by atoms with van der Waals surface area (Å²) >= 11 is 1.12. The number of hydrogen-bond donors (Lipinski definition) is 1. The lowest BCUT2D eigenvalue weighted by Crippen LogP contribution is -2.06. The number of rotatable bonds is 3. The van der Waals surface area contributed by atoms with Crippen molar-refractivity contribution in [2.75, 3.05) is 12.8 Å². The van der Waals surface area contributed by atoms with Crippen LogP contribution in [0.5, 0.6) is 0 Å². The first-order chi connectivity index (χ1) is 9.11. The molecule has 0 aliphatic carbocycles. The Morgan fingerprint density at radius 1 is 1.42 bits per heavy atom. The second-order valence-electron chi connectivity index (χ2n) is 3.63. The van der Waals surface area contributed by atoms with Gasteiger partial charge in [0.1, 0.15) is 10.8 Å². The zero-order valence-corrected chi connectivity index (χ0v) is 10.9. The van der Waals surface area contributed by atoms with Crippen LogP contribution in [0.15, 0.2) is 46.5 Å². The normalized spacial score (nSPS) is 10.2. The first-order valence-electron chi connectivity index (χ1n) is 5.38. The number of aromatic nitrogens is 1. The molecule has 0 bridgehead atoms. The molecule has 2 N–H and O–H groups in total. The minimum absolute atomic E-state index is 0.0507. The fraction of sp³-hybridized carbons (Fsp3) is 0.0769. The summed E-state index contributed by atoms with van der Waals surface area (Å²) in [7, 11) is 1.25. The molecule has 19 heavy (non-hydrogen) atoms. The third kappa shape index (κ3) is 3.03. The largest absolute Gasteiger partial charge is 0.465 e. The maximum Gasteiger partial charge on any atom is 0.339 e. The molecule has 1 aromatic heterocycles. The topological polar surface area (TPSA) is 65.2 Å². The van der Waals surface area contributed by atoms with Crippen LogP contribution in [0.4, 0.5) is 10.1 Å². The molecule has 1 heterocycles. The number of hydrogen-bond acceptors (Lipinski definition) is 5. The van der Waals surface area contributed by atoms with Crippen molar-refractivity contribution in [3.63, 3.8) is 0 Å². The number of carbonyl (C=O) groups excluding carboxylic acids is 1. The lowest BCUT2D eigenvalue weighted by atomic mass is 10.2. The van der Waals surface area contributed by atoms with Crippen LogP contribution in [0.3, 0.4) is 0 Å². The fourth-order valence-electron chi connectivity index (χ4n) is 1.45. The number of methoxy groups -OCH3 is 1. The number of nitrogens with two attached hydrogens (primary N) is 1. The SMILES string of the molecule is COC(=O)c1cc(Sc2ccccn2)c(F)cc1N. The fourth-order valence-corrected chi connectivity index (χ4v) is 2.27. The number of benzene rings is 1. The van der Waals surface area contributed by atoms with Crippen molar-refractivity contribution in [3.05, 3.63) is 47.9 Å². The highest BCUT2D eigenvalue weighted by Crippen LogP contribution is 2.31. The minimum Gasteiger partial charge on any atom is -0.465 e. The van der Waals surface area contributed by atoms with Crippen molar-refractivity contribution in [2.45, 2.75) is 9.92 Å². The molecule has 0 atom stereocenters. The van der Waals surface area contributed by atoms with Gasteiger partial charge < -0.3 is 10.5 Å². The summed E-state index contributed by atoms with van der Waals surface area (Å²) in [6.45, 7) is 0. The van der Waals surface area contributed by atoms with E-state index >= 15 is 0 Å². The van der Waals surface area contributed by atoms with E-state index in [0.717, 1.165) is 17.8 Å². The number of esters is 1. The maximum absolute atomic E-state index is 13.8. The smallest absolute Gasteiger partial charge is 0.339 e. The zero-order chi connectivity index (χ0) is 13.8. The Balaban J connectivity index is 2.38. The maximum atomic E-state index is 13.8. The second kappa shape index (κ2) is 5.71. The molecule has 0 amide bonds. The van der Waals surface area contributed by atoms with Crippen LogP contribution in [-0.4, -0.2) is 18.1 Å². The molecule has 0 aliphatic heterocycles. The quantitative estimate of drug-likeness (QED) is 0.690. The molecule has 4 nitrogen and oxygen atoms in total. The van der Waals surface area contributed by atoms with Crippen molar-refractivity contribution in [1.82, 2.24) is 4.98 Å². The summed E-state index contributed by atoms with van der Waals surface area (Å²) in [5, 5.41) is 0.627. The van der Waals surface area contributed by atoms with Gasteiger partial charge in [-0.15, -0.1) is 0 Å². The van der Waals surface area contributed by atoms with E-state index in [1.807, 2.05) is 0 Å². The molecule has 0 radical (unpaired) electrons. The van der Waals surface area contributed by atoms with Gasteiger partial charge in [0.05, 0.1) is 17.6 Å². The number of nitrogens with zero attached hydrogens (tertiary/aromatic N) is 1. The third-order valence-corrected chi connectivity index (χ3v) is 3.35. The number of nitrogen functional groups attached to an aromatic ring is 1. The van der Waals surface area contributed by atoms with Crippen LogP contribution in [-0.2, 0) is 4.74 Å². The van der Waals surface area contributed by atoms with Crippen LogP contribution in [0.1, 0.15) is 10.4 Å². The van der Waals surface area contributed by atoms with E-state index in [4.69, 9.17) is 5.73 Å². The Labute approximate surface area is 113 Å². The number of carbonyl (C=O) groups is 1. The summed E-state index contributed by atoms with van der Waals surface area (Å²) in [4.78, 5) is 15.9. The van der Waals surface area contributed by atoms with Gasteiger partial charge >= 0.3 is 5.97 Å². The predicted molar refractivity (Wildman–Crippen MR) is 70.5 cm³/mol. The number of anilines is 1. The first kappa shape index (κ1) is 13.4. The van der Waals surface area contributed by atoms with E-state index in [-0.39, 0.29) is 16.1 Å². The van der Waals surface area contributed by atoms with Gasteiger partial charge in [-0.25, -0.2) is 14.2 Å². The molecule has 1 aromatic carbocycles. The van der Waals surface area contributed by atoms with Crippen molar-refractivity contribution in [1.29, 1.82) is 0 Å². The Hall–Kier alpha value is -2.08. The highest BCUT2D eigenvalue weighted by atomic mass is 32.2. The summed E-state index contributed by atoms with van der Waals surface area (Å²) in [5.41, 5.74) is 5.79. The van der Waals surface area contributed by atoms with Crippen LogP contribution in [0.2, 0.25) is 0 Å². The summed E-state index contributed by atoms with van der Waals surface area (Å²) in [6, 6.07) is 7.79. The van der Waals surface area contributed by atoms with Gasteiger partial charge in [-0.2, -0.15) is 0 Å². The average molecular weight is 278 g/mol. The van der Waals surface area contributed by atoms with Crippen molar-refractivity contribution >= 4 is 23.4 Å². The number of halogens is 1. The van der Waals surface area contributed by atoms with E-state index in [9.17, 15) is 9.18 Å². The van der Waals surface area contributed by atoms with E-state index in [1.54, 1.807) is 24.4 Å². The Kier molecular flexibility index (Phi) is 4.01. The van der Waals surface area contributed by atoms with Crippen molar-refractivity contribution < 1.29 is 13.9 Å². The first-order valence-corrected chi connectivity index (χ1v) is 6.19. The molecule has 0 saturated heterocycles. The van der Waals surface area contributed by atoms with E-state index in [1.165, 1.54) is 13.2 Å². The van der Waals surface area contributed by atoms with E-state index < -0.39 is 11.8 Å². The van der Waals surface area contributed by atoms with Crippen LogP contribution >= 0.6 is 11.8 Å². The molecule has 6 heteroatoms. The molecule has 2 aromatic rings. The Morgan fingerprint density at radius 2 is 2.21 bits per heavy atom. The minimum atomic E-state index is -0.597. The van der Waals surface area contributed by atoms with E-state index in [2.05, 4.69) is 9.72 Å². The van der Waals surface area contributed by atoms with Crippen molar-refractivity contribution in [2.24, 2.45) is 0 Å². The molecule has 0 aliphatic rings. The molecular formula is C13H11FN2O2S. The number of ether oxygens (including phenoxy) is 1. The van der Waals surface area contributed by atoms with Crippen LogP contribution < -0.4 is 5.73 Å². The molecule has 0 unspecified atom stereocenters. The molecule has 0 fully saturated rings. The molecular weight excluding hydrogens is 267 g/mol. The monoisotopic (exact) mass is 278 g/mol. The summed E-state index contributed by atoms with van der Waals surface area (Å²) in [5.74, 6) is -1.10.